The molecule has 0 spiro atoms. The minimum Gasteiger partial charge on any atom is -0.322 e. The Kier molecular flexibility index (Phi) is 1.62. The van der Waals surface area contributed by atoms with Crippen LogP contribution in [0.4, 0.5) is 0 Å². The van der Waals surface area contributed by atoms with Crippen molar-refractivity contribution < 1.29 is 0 Å². The predicted molar refractivity (Wildman–Crippen MR) is 67.3 cm³/mol. The fourth-order valence-corrected chi connectivity index (χ4v) is 2.09. The molecule has 4 rings (SSSR count). The molecule has 0 atom stereocenters. The molecule has 6 heteroatoms. The molecule has 0 bridgehead atoms. The summed E-state index contributed by atoms with van der Waals surface area (Å²) >= 11 is 0. The van der Waals surface area contributed by atoms with E-state index >= 15 is 0 Å². The highest BCUT2D eigenvalue weighted by Gasteiger charge is 2.11. The summed E-state index contributed by atoms with van der Waals surface area (Å²) in [5.41, 5.74) is 2.97. The van der Waals surface area contributed by atoms with Gasteiger partial charge in [-0.3, -0.25) is 4.79 Å². The molecule has 0 aliphatic rings. The Morgan fingerprint density at radius 2 is 1.78 bits per heavy atom. The van der Waals surface area contributed by atoms with Crippen molar-refractivity contribution in [3.05, 3.63) is 40.9 Å². The lowest BCUT2D eigenvalue weighted by Crippen LogP contribution is -2.05. The molecule has 0 radical (unpaired) electrons. The highest BCUT2D eigenvalue weighted by molar-refractivity contribution is 6.03. The average molecular weight is 237 g/mol. The number of nitrogens with one attached hydrogen (secondary N) is 2. The first-order valence-corrected chi connectivity index (χ1v) is 5.45. The van der Waals surface area contributed by atoms with Crippen LogP contribution in [0.3, 0.4) is 0 Å². The summed E-state index contributed by atoms with van der Waals surface area (Å²) < 4.78 is 0. The zero-order valence-corrected chi connectivity index (χ0v) is 9.14. The number of aromatic amines is 2. The molecule has 18 heavy (non-hydrogen) atoms. The molecule has 0 aliphatic carbocycles. The third-order valence-corrected chi connectivity index (χ3v) is 2.90. The summed E-state index contributed by atoms with van der Waals surface area (Å²) in [6.45, 7) is 0. The van der Waals surface area contributed by atoms with Gasteiger partial charge in [0.05, 0.1) is 17.4 Å². The third-order valence-electron chi connectivity index (χ3n) is 2.90. The van der Waals surface area contributed by atoms with Gasteiger partial charge in [-0.15, -0.1) is 0 Å². The Labute approximate surface area is 99.7 Å². The van der Waals surface area contributed by atoms with E-state index in [9.17, 15) is 4.79 Å². The Bertz CT molecular complexity index is 953. The Morgan fingerprint density at radius 3 is 2.61 bits per heavy atom. The monoisotopic (exact) mass is 237 g/mol. The SMILES string of the molecule is O=c1[nH]cnc2[nH]c3nc4ccccc4nc3c12. The van der Waals surface area contributed by atoms with Crippen LogP contribution in [0.1, 0.15) is 0 Å². The Morgan fingerprint density at radius 1 is 1.00 bits per heavy atom. The predicted octanol–water partition coefficient (Wildman–Crippen LogP) is 1.35. The topological polar surface area (TPSA) is 87.3 Å². The van der Waals surface area contributed by atoms with Crippen LogP contribution in [0, 0.1) is 0 Å². The molecule has 0 saturated carbocycles. The first-order chi connectivity index (χ1) is 8.83. The zero-order chi connectivity index (χ0) is 12.1. The van der Waals surface area contributed by atoms with Gasteiger partial charge in [-0.05, 0) is 12.1 Å². The van der Waals surface area contributed by atoms with Crippen molar-refractivity contribution in [1.29, 1.82) is 0 Å². The van der Waals surface area contributed by atoms with Crippen molar-refractivity contribution in [3.63, 3.8) is 0 Å². The second-order valence-corrected chi connectivity index (χ2v) is 3.99. The maximum atomic E-state index is 11.8. The molecule has 0 unspecified atom stereocenters. The van der Waals surface area contributed by atoms with Gasteiger partial charge in [-0.1, -0.05) is 12.1 Å². The van der Waals surface area contributed by atoms with Gasteiger partial charge in [-0.2, -0.15) is 0 Å². The third kappa shape index (κ3) is 1.11. The largest absolute Gasteiger partial charge is 0.322 e. The smallest absolute Gasteiger partial charge is 0.262 e. The minimum absolute atomic E-state index is 0.212. The van der Waals surface area contributed by atoms with Gasteiger partial charge in [0.1, 0.15) is 16.6 Å². The number of hydrogen-bond acceptors (Lipinski definition) is 4. The molecule has 86 valence electrons. The molecule has 0 amide bonds. The second kappa shape index (κ2) is 3.13. The maximum absolute atomic E-state index is 11.8. The molecular formula is C12H7N5O. The summed E-state index contributed by atoms with van der Waals surface area (Å²) in [4.78, 5) is 30.4. The highest BCUT2D eigenvalue weighted by atomic mass is 16.1. The summed E-state index contributed by atoms with van der Waals surface area (Å²) in [7, 11) is 0. The molecule has 0 fully saturated rings. The van der Waals surface area contributed by atoms with Crippen molar-refractivity contribution in [2.24, 2.45) is 0 Å². The first-order valence-electron chi connectivity index (χ1n) is 5.45. The van der Waals surface area contributed by atoms with Crippen molar-refractivity contribution in [3.8, 4) is 0 Å². The fourth-order valence-electron chi connectivity index (χ4n) is 2.09. The van der Waals surface area contributed by atoms with Crippen LogP contribution in [-0.2, 0) is 0 Å². The zero-order valence-electron chi connectivity index (χ0n) is 9.14. The maximum Gasteiger partial charge on any atom is 0.262 e. The van der Waals surface area contributed by atoms with Gasteiger partial charge < -0.3 is 9.97 Å². The summed E-state index contributed by atoms with van der Waals surface area (Å²) in [5.74, 6) is 0. The summed E-state index contributed by atoms with van der Waals surface area (Å²) in [6.07, 6.45) is 1.36. The van der Waals surface area contributed by atoms with Gasteiger partial charge in [0.2, 0.25) is 0 Å². The van der Waals surface area contributed by atoms with E-state index in [0.29, 0.717) is 22.2 Å². The Hall–Kier alpha value is -2.76. The highest BCUT2D eigenvalue weighted by Crippen LogP contribution is 2.20. The first kappa shape index (κ1) is 9.29. The van der Waals surface area contributed by atoms with Gasteiger partial charge >= 0.3 is 0 Å². The van der Waals surface area contributed by atoms with E-state index in [1.54, 1.807) is 0 Å². The molecule has 2 N–H and O–H groups in total. The van der Waals surface area contributed by atoms with Gasteiger partial charge in [0.25, 0.3) is 5.56 Å². The van der Waals surface area contributed by atoms with Crippen molar-refractivity contribution in [2.75, 3.05) is 0 Å². The number of H-pyrrole nitrogens is 2. The quantitative estimate of drug-likeness (QED) is 0.483. The standard InChI is InChI=1S/C12H7N5O/c18-12-8-9-11(17-10(8)13-5-14-12)16-7-4-2-1-3-6(7)15-9/h1-5H,(H2,13,14,16,17,18). The number of fused-ring (bicyclic) bond motifs is 4. The summed E-state index contributed by atoms with van der Waals surface area (Å²) in [5, 5.41) is 0.450. The van der Waals surface area contributed by atoms with Crippen LogP contribution in [-0.4, -0.2) is 24.9 Å². The van der Waals surface area contributed by atoms with E-state index in [1.807, 2.05) is 24.3 Å². The molecular weight excluding hydrogens is 230 g/mol. The van der Waals surface area contributed by atoms with Crippen LogP contribution in [0.25, 0.3) is 33.2 Å². The van der Waals surface area contributed by atoms with Crippen molar-refractivity contribution >= 4 is 33.2 Å². The van der Waals surface area contributed by atoms with Crippen LogP contribution >= 0.6 is 0 Å². The minimum atomic E-state index is -0.212. The average Bonchev–Trinajstić information content (AvgIpc) is 2.74. The Balaban J connectivity index is 2.33. The van der Waals surface area contributed by atoms with E-state index < -0.39 is 0 Å². The molecule has 1 aromatic carbocycles. The van der Waals surface area contributed by atoms with E-state index in [1.165, 1.54) is 6.33 Å². The van der Waals surface area contributed by atoms with Crippen LogP contribution < -0.4 is 5.56 Å². The van der Waals surface area contributed by atoms with Gasteiger partial charge in [0.15, 0.2) is 5.65 Å². The van der Waals surface area contributed by atoms with Gasteiger partial charge in [0, 0.05) is 0 Å². The number of hydrogen-bond donors (Lipinski definition) is 2. The molecule has 3 heterocycles. The van der Waals surface area contributed by atoms with E-state index in [0.717, 1.165) is 11.0 Å². The molecule has 0 aliphatic heterocycles. The molecule has 4 aromatic rings. The second-order valence-electron chi connectivity index (χ2n) is 3.99. The number of nitrogens with zero attached hydrogens (tertiary/aromatic N) is 3. The van der Waals surface area contributed by atoms with Crippen molar-refractivity contribution in [2.45, 2.75) is 0 Å². The van der Waals surface area contributed by atoms with Crippen molar-refractivity contribution in [1.82, 2.24) is 24.9 Å². The van der Waals surface area contributed by atoms with Crippen LogP contribution in [0.2, 0.25) is 0 Å². The molecule has 6 nitrogen and oxygen atoms in total. The lowest BCUT2D eigenvalue weighted by Gasteiger charge is -1.95. The summed E-state index contributed by atoms with van der Waals surface area (Å²) in [6, 6.07) is 7.53. The number of rotatable bonds is 0. The van der Waals surface area contributed by atoms with E-state index in [-0.39, 0.29) is 5.56 Å². The van der Waals surface area contributed by atoms with E-state index in [2.05, 4.69) is 24.9 Å². The number of para-hydroxylation sites is 2. The molecule has 3 aromatic heterocycles. The van der Waals surface area contributed by atoms with Crippen LogP contribution in [0.15, 0.2) is 35.4 Å². The van der Waals surface area contributed by atoms with Gasteiger partial charge in [-0.25, -0.2) is 15.0 Å². The van der Waals surface area contributed by atoms with Crippen LogP contribution in [0.5, 0.6) is 0 Å². The lowest BCUT2D eigenvalue weighted by atomic mass is 10.3. The lowest BCUT2D eigenvalue weighted by molar-refractivity contribution is 1.16. The molecule has 0 saturated heterocycles. The fraction of sp³-hybridized carbons (Fsp3) is 0. The normalized spacial score (nSPS) is 11.6. The number of aromatic nitrogens is 5. The van der Waals surface area contributed by atoms with E-state index in [4.69, 9.17) is 0 Å². The number of benzene rings is 1.